The maximum atomic E-state index is 11.0. The number of aliphatic hydroxyl groups is 1. The second kappa shape index (κ2) is 4.76. The summed E-state index contributed by atoms with van der Waals surface area (Å²) in [5.74, 6) is 6.14. The molecule has 4 saturated carbocycles. The number of hydrogen-bond acceptors (Lipinski definition) is 1. The van der Waals surface area contributed by atoms with Crippen LogP contribution in [0.3, 0.4) is 0 Å². The van der Waals surface area contributed by atoms with Gasteiger partial charge in [0.2, 0.25) is 0 Å². The summed E-state index contributed by atoms with van der Waals surface area (Å²) in [6, 6.07) is 0. The van der Waals surface area contributed by atoms with Gasteiger partial charge in [-0.3, -0.25) is 0 Å². The Bertz CT molecular complexity index is 505. The first-order valence-electron chi connectivity index (χ1n) is 9.65. The fourth-order valence-corrected chi connectivity index (χ4v) is 7.55. The Morgan fingerprint density at radius 1 is 0.909 bits per heavy atom. The average Bonchev–Trinajstić information content (AvgIpc) is 2.79. The second-order valence-electron chi connectivity index (χ2n) is 9.40. The third kappa shape index (κ3) is 1.71. The predicted octanol–water partition coefficient (Wildman–Crippen LogP) is 4.78. The number of terminal acetylenes is 1. The summed E-state index contributed by atoms with van der Waals surface area (Å²) < 4.78 is 0. The zero-order valence-electron chi connectivity index (χ0n) is 14.4. The highest BCUT2D eigenvalue weighted by atomic mass is 16.3. The minimum atomic E-state index is -0.840. The van der Waals surface area contributed by atoms with Gasteiger partial charge in [0.15, 0.2) is 0 Å². The molecule has 1 N–H and O–H groups in total. The molecular weight excluding hydrogens is 268 g/mol. The molecular formula is C21H32O. The average molecular weight is 300 g/mol. The lowest BCUT2D eigenvalue weighted by Crippen LogP contribution is -2.55. The minimum Gasteiger partial charge on any atom is -0.377 e. The molecule has 22 heavy (non-hydrogen) atoms. The van der Waals surface area contributed by atoms with Crippen LogP contribution in [0.2, 0.25) is 0 Å². The lowest BCUT2D eigenvalue weighted by molar-refractivity contribution is -0.134. The van der Waals surface area contributed by atoms with E-state index in [1.54, 1.807) is 0 Å². The van der Waals surface area contributed by atoms with Crippen LogP contribution in [0.15, 0.2) is 0 Å². The molecule has 4 rings (SSSR count). The first kappa shape index (κ1) is 15.1. The Morgan fingerprint density at radius 3 is 2.45 bits per heavy atom. The van der Waals surface area contributed by atoms with E-state index >= 15 is 0 Å². The molecule has 0 aliphatic heterocycles. The van der Waals surface area contributed by atoms with Crippen molar-refractivity contribution in [2.24, 2.45) is 34.5 Å². The molecule has 4 aliphatic rings. The Labute approximate surface area is 136 Å². The van der Waals surface area contributed by atoms with Crippen LogP contribution >= 0.6 is 0 Å². The Hall–Kier alpha value is -0.480. The molecule has 7 atom stereocenters. The van der Waals surface area contributed by atoms with E-state index in [9.17, 15) is 5.11 Å². The monoisotopic (exact) mass is 300 g/mol. The van der Waals surface area contributed by atoms with E-state index in [0.29, 0.717) is 11.3 Å². The molecule has 0 amide bonds. The van der Waals surface area contributed by atoms with Crippen LogP contribution in [0.4, 0.5) is 0 Å². The molecule has 122 valence electrons. The third-order valence-corrected chi connectivity index (χ3v) is 8.97. The predicted molar refractivity (Wildman–Crippen MR) is 90.1 cm³/mol. The SMILES string of the molecule is C#C[C@@]1(O)CC[C@H]2[C@@H]3CC[C@@H]4CCCC[C@]4(C)[C@H]3CC[C@@]21C. The van der Waals surface area contributed by atoms with Crippen molar-refractivity contribution >= 4 is 0 Å². The topological polar surface area (TPSA) is 20.2 Å². The highest BCUT2D eigenvalue weighted by molar-refractivity contribution is 5.23. The Morgan fingerprint density at radius 2 is 1.68 bits per heavy atom. The molecule has 0 aromatic carbocycles. The zero-order chi connectivity index (χ0) is 15.6. The molecule has 0 unspecified atom stereocenters. The Balaban J connectivity index is 1.67. The maximum Gasteiger partial charge on any atom is 0.130 e. The van der Waals surface area contributed by atoms with Gasteiger partial charge >= 0.3 is 0 Å². The molecule has 0 heterocycles. The lowest BCUT2D eigenvalue weighted by atomic mass is 9.44. The molecule has 0 aromatic heterocycles. The van der Waals surface area contributed by atoms with Crippen molar-refractivity contribution in [3.05, 3.63) is 0 Å². The molecule has 0 aromatic rings. The van der Waals surface area contributed by atoms with E-state index in [0.717, 1.165) is 37.0 Å². The summed E-state index contributed by atoms with van der Waals surface area (Å²) >= 11 is 0. The maximum absolute atomic E-state index is 11.0. The lowest BCUT2D eigenvalue weighted by Gasteiger charge is -2.60. The minimum absolute atomic E-state index is 0.0270. The fourth-order valence-electron chi connectivity index (χ4n) is 7.55. The van der Waals surface area contributed by atoms with Gasteiger partial charge in [-0.1, -0.05) is 32.6 Å². The highest BCUT2D eigenvalue weighted by Gasteiger charge is 2.63. The van der Waals surface area contributed by atoms with Gasteiger partial charge in [-0.15, -0.1) is 6.42 Å². The molecule has 1 nitrogen and oxygen atoms in total. The van der Waals surface area contributed by atoms with Crippen molar-refractivity contribution in [3.8, 4) is 12.3 Å². The van der Waals surface area contributed by atoms with Gasteiger partial charge in [-0.05, 0) is 80.5 Å². The summed E-state index contributed by atoms with van der Waals surface area (Å²) in [4.78, 5) is 0. The molecule has 1 heteroatoms. The summed E-state index contributed by atoms with van der Waals surface area (Å²) in [7, 11) is 0. The van der Waals surface area contributed by atoms with Crippen LogP contribution in [-0.4, -0.2) is 10.7 Å². The van der Waals surface area contributed by atoms with Gasteiger partial charge < -0.3 is 5.11 Å². The van der Waals surface area contributed by atoms with Gasteiger partial charge in [-0.25, -0.2) is 0 Å². The molecule has 4 fully saturated rings. The molecule has 4 aliphatic carbocycles. The molecule has 0 bridgehead atoms. The highest BCUT2D eigenvalue weighted by Crippen LogP contribution is 2.68. The number of rotatable bonds is 0. The first-order chi connectivity index (χ1) is 10.4. The third-order valence-electron chi connectivity index (χ3n) is 8.97. The fraction of sp³-hybridized carbons (Fsp3) is 0.905. The van der Waals surface area contributed by atoms with Gasteiger partial charge in [-0.2, -0.15) is 0 Å². The van der Waals surface area contributed by atoms with Crippen LogP contribution in [0.1, 0.15) is 78.1 Å². The standard InChI is InChI=1S/C21H32O/c1-4-21(22)14-11-18-16-9-8-15-7-5-6-12-19(15,2)17(16)10-13-20(18,21)3/h1,15-18,22H,5-14H2,2-3H3/t15-,16+,17-,18-,19-,20-,21+/m0/s1. The van der Waals surface area contributed by atoms with Crippen LogP contribution < -0.4 is 0 Å². The van der Waals surface area contributed by atoms with Crippen molar-refractivity contribution in [2.45, 2.75) is 83.7 Å². The quantitative estimate of drug-likeness (QED) is 0.638. The molecule has 0 saturated heterocycles. The second-order valence-corrected chi connectivity index (χ2v) is 9.40. The number of fused-ring (bicyclic) bond motifs is 5. The zero-order valence-corrected chi connectivity index (χ0v) is 14.4. The summed E-state index contributed by atoms with van der Waals surface area (Å²) in [6.45, 7) is 4.91. The van der Waals surface area contributed by atoms with Gasteiger partial charge in [0.1, 0.15) is 5.60 Å². The van der Waals surface area contributed by atoms with Crippen molar-refractivity contribution in [1.82, 2.24) is 0 Å². The van der Waals surface area contributed by atoms with Crippen molar-refractivity contribution in [3.63, 3.8) is 0 Å². The van der Waals surface area contributed by atoms with E-state index < -0.39 is 5.60 Å². The summed E-state index contributed by atoms with van der Waals surface area (Å²) in [5.41, 5.74) is -0.285. The van der Waals surface area contributed by atoms with E-state index in [4.69, 9.17) is 6.42 Å². The van der Waals surface area contributed by atoms with E-state index in [-0.39, 0.29) is 5.41 Å². The van der Waals surface area contributed by atoms with Crippen molar-refractivity contribution in [2.75, 3.05) is 0 Å². The number of hydrogen-bond donors (Lipinski definition) is 1. The molecule has 0 radical (unpaired) electrons. The Kier molecular flexibility index (Phi) is 3.26. The smallest absolute Gasteiger partial charge is 0.130 e. The summed E-state index contributed by atoms with van der Waals surface area (Å²) in [6.07, 6.45) is 18.8. The van der Waals surface area contributed by atoms with Crippen LogP contribution in [-0.2, 0) is 0 Å². The van der Waals surface area contributed by atoms with Crippen molar-refractivity contribution in [1.29, 1.82) is 0 Å². The van der Waals surface area contributed by atoms with Gasteiger partial charge in [0.05, 0.1) is 0 Å². The van der Waals surface area contributed by atoms with Gasteiger partial charge in [0.25, 0.3) is 0 Å². The van der Waals surface area contributed by atoms with Crippen molar-refractivity contribution < 1.29 is 5.11 Å². The molecule has 0 spiro atoms. The normalized spacial score (nSPS) is 57.4. The van der Waals surface area contributed by atoms with Crippen LogP contribution in [0, 0.1) is 46.8 Å². The van der Waals surface area contributed by atoms with Crippen LogP contribution in [0.5, 0.6) is 0 Å². The van der Waals surface area contributed by atoms with E-state index in [1.807, 2.05) is 0 Å². The largest absolute Gasteiger partial charge is 0.377 e. The van der Waals surface area contributed by atoms with E-state index in [1.165, 1.54) is 44.9 Å². The van der Waals surface area contributed by atoms with E-state index in [2.05, 4.69) is 19.8 Å². The van der Waals surface area contributed by atoms with Gasteiger partial charge in [0, 0.05) is 5.41 Å². The first-order valence-corrected chi connectivity index (χ1v) is 9.65. The van der Waals surface area contributed by atoms with Crippen LogP contribution in [0.25, 0.3) is 0 Å². The summed E-state index contributed by atoms with van der Waals surface area (Å²) in [5, 5.41) is 11.0.